The van der Waals surface area contributed by atoms with Crippen molar-refractivity contribution in [1.29, 1.82) is 0 Å². The summed E-state index contributed by atoms with van der Waals surface area (Å²) < 4.78 is 13.7. The van der Waals surface area contributed by atoms with Crippen LogP contribution in [-0.4, -0.2) is 11.3 Å². The summed E-state index contributed by atoms with van der Waals surface area (Å²) in [6.07, 6.45) is 0.413. The Morgan fingerprint density at radius 3 is 3.00 bits per heavy atom. The van der Waals surface area contributed by atoms with Crippen LogP contribution in [0.25, 0.3) is 10.2 Å². The number of benzene rings is 1. The maximum atomic E-state index is 13.5. The molecule has 14 heavy (non-hydrogen) atoms. The third-order valence-electron chi connectivity index (χ3n) is 1.73. The number of halogens is 2. The number of aldehydes is 1. The van der Waals surface area contributed by atoms with Crippen molar-refractivity contribution in [1.82, 2.24) is 4.98 Å². The Bertz CT molecular complexity index is 526. The van der Waals surface area contributed by atoms with Crippen LogP contribution in [-0.2, 0) is 0 Å². The van der Waals surface area contributed by atoms with Gasteiger partial charge in [-0.15, -0.1) is 0 Å². The first-order chi connectivity index (χ1) is 6.63. The largest absolute Gasteiger partial charge is 0.375 e. The monoisotopic (exact) mass is 230 g/mol. The van der Waals surface area contributed by atoms with Gasteiger partial charge >= 0.3 is 0 Å². The number of nitrogens with two attached hydrogens (primary N) is 1. The minimum absolute atomic E-state index is 0.0776. The average molecular weight is 231 g/mol. The molecule has 0 atom stereocenters. The molecule has 1 heterocycles. The van der Waals surface area contributed by atoms with Gasteiger partial charge in [0.15, 0.2) is 17.2 Å². The van der Waals surface area contributed by atoms with Gasteiger partial charge < -0.3 is 5.73 Å². The summed E-state index contributed by atoms with van der Waals surface area (Å²) in [6.45, 7) is 0. The first kappa shape index (κ1) is 9.36. The highest BCUT2D eigenvalue weighted by molar-refractivity contribution is 7.22. The van der Waals surface area contributed by atoms with Crippen molar-refractivity contribution in [2.24, 2.45) is 0 Å². The lowest BCUT2D eigenvalue weighted by atomic mass is 10.2. The lowest BCUT2D eigenvalue weighted by Crippen LogP contribution is -1.88. The smallest absolute Gasteiger partial charge is 0.181 e. The highest BCUT2D eigenvalue weighted by Gasteiger charge is 2.14. The van der Waals surface area contributed by atoms with E-state index < -0.39 is 5.82 Å². The van der Waals surface area contributed by atoms with Gasteiger partial charge in [-0.1, -0.05) is 22.9 Å². The highest BCUT2D eigenvalue weighted by Crippen LogP contribution is 2.33. The SMILES string of the molecule is Nc1nc2c(Cl)cc(C=O)c(F)c2s1. The van der Waals surface area contributed by atoms with E-state index in [1.54, 1.807) is 0 Å². The van der Waals surface area contributed by atoms with Crippen LogP contribution in [0.5, 0.6) is 0 Å². The second-order valence-electron chi connectivity index (χ2n) is 2.61. The van der Waals surface area contributed by atoms with Crippen LogP contribution in [0, 0.1) is 5.82 Å². The minimum Gasteiger partial charge on any atom is -0.375 e. The highest BCUT2D eigenvalue weighted by atomic mass is 35.5. The Balaban J connectivity index is 2.93. The first-order valence-electron chi connectivity index (χ1n) is 3.62. The van der Waals surface area contributed by atoms with E-state index in [0.717, 1.165) is 11.3 Å². The average Bonchev–Trinajstić information content (AvgIpc) is 2.54. The molecule has 0 fully saturated rings. The summed E-state index contributed by atoms with van der Waals surface area (Å²) in [6, 6.07) is 1.24. The van der Waals surface area contributed by atoms with Crippen molar-refractivity contribution in [3.05, 3.63) is 22.5 Å². The second-order valence-corrected chi connectivity index (χ2v) is 4.05. The van der Waals surface area contributed by atoms with Crippen LogP contribution in [0.15, 0.2) is 6.07 Å². The van der Waals surface area contributed by atoms with E-state index in [4.69, 9.17) is 17.3 Å². The quantitative estimate of drug-likeness (QED) is 0.766. The van der Waals surface area contributed by atoms with Crippen molar-refractivity contribution in [2.75, 3.05) is 5.73 Å². The fourth-order valence-corrected chi connectivity index (χ4v) is 2.25. The van der Waals surface area contributed by atoms with E-state index >= 15 is 0 Å². The molecule has 0 bridgehead atoms. The van der Waals surface area contributed by atoms with Crippen LogP contribution in [0.1, 0.15) is 10.4 Å². The number of hydrogen-bond donors (Lipinski definition) is 1. The van der Waals surface area contributed by atoms with Crippen LogP contribution in [0.2, 0.25) is 5.02 Å². The Hall–Kier alpha value is -1.20. The van der Waals surface area contributed by atoms with Crippen LogP contribution >= 0.6 is 22.9 Å². The van der Waals surface area contributed by atoms with Crippen molar-refractivity contribution in [3.8, 4) is 0 Å². The number of rotatable bonds is 1. The number of carbonyl (C=O) groups is 1. The fourth-order valence-electron chi connectivity index (χ4n) is 1.13. The summed E-state index contributed by atoms with van der Waals surface area (Å²) in [5, 5.41) is 0.459. The molecule has 0 aliphatic carbocycles. The van der Waals surface area contributed by atoms with E-state index in [1.165, 1.54) is 6.07 Å². The lowest BCUT2D eigenvalue weighted by molar-refractivity contribution is 0.112. The predicted octanol–water partition coefficient (Wildman–Crippen LogP) is 2.48. The maximum absolute atomic E-state index is 13.5. The van der Waals surface area contributed by atoms with Gasteiger partial charge in [0.2, 0.25) is 0 Å². The summed E-state index contributed by atoms with van der Waals surface area (Å²) in [7, 11) is 0. The minimum atomic E-state index is -0.617. The number of aromatic nitrogens is 1. The molecule has 72 valence electrons. The van der Waals surface area contributed by atoms with E-state index in [0.29, 0.717) is 11.8 Å². The molecular weight excluding hydrogens is 227 g/mol. The number of hydrogen-bond acceptors (Lipinski definition) is 4. The molecular formula is C8H4ClFN2OS. The zero-order valence-electron chi connectivity index (χ0n) is 6.75. The molecule has 0 aliphatic rings. The topological polar surface area (TPSA) is 56.0 Å². The van der Waals surface area contributed by atoms with Gasteiger partial charge in [0, 0.05) is 0 Å². The molecule has 0 saturated heterocycles. The molecule has 3 nitrogen and oxygen atoms in total. The number of carbonyl (C=O) groups excluding carboxylic acids is 1. The van der Waals surface area contributed by atoms with Gasteiger partial charge in [0.05, 0.1) is 15.3 Å². The Labute approximate surface area is 87.3 Å². The molecule has 2 N–H and O–H groups in total. The van der Waals surface area contributed by atoms with Crippen LogP contribution in [0.4, 0.5) is 9.52 Å². The molecule has 6 heteroatoms. The van der Waals surface area contributed by atoms with Gasteiger partial charge in [0.1, 0.15) is 5.52 Å². The Kier molecular flexibility index (Phi) is 2.13. The Morgan fingerprint density at radius 1 is 1.64 bits per heavy atom. The normalized spacial score (nSPS) is 10.7. The number of nitrogen functional groups attached to an aromatic ring is 1. The van der Waals surface area contributed by atoms with Gasteiger partial charge in [-0.2, -0.15) is 0 Å². The summed E-state index contributed by atoms with van der Waals surface area (Å²) in [5.41, 5.74) is 5.64. The third kappa shape index (κ3) is 1.25. The zero-order valence-corrected chi connectivity index (χ0v) is 8.32. The van der Waals surface area contributed by atoms with Gasteiger partial charge in [-0.3, -0.25) is 4.79 Å². The van der Waals surface area contributed by atoms with E-state index in [1.807, 2.05) is 0 Å². The summed E-state index contributed by atoms with van der Waals surface area (Å²) in [5.74, 6) is -0.617. The van der Waals surface area contributed by atoms with E-state index in [-0.39, 0.29) is 20.4 Å². The van der Waals surface area contributed by atoms with Crippen LogP contribution < -0.4 is 5.73 Å². The molecule has 0 unspecified atom stereocenters. The van der Waals surface area contributed by atoms with Gasteiger partial charge in [-0.05, 0) is 6.07 Å². The van der Waals surface area contributed by atoms with Crippen molar-refractivity contribution < 1.29 is 9.18 Å². The second kappa shape index (κ2) is 3.18. The summed E-state index contributed by atoms with van der Waals surface area (Å²) >= 11 is 6.76. The molecule has 2 rings (SSSR count). The fraction of sp³-hybridized carbons (Fsp3) is 0. The zero-order chi connectivity index (χ0) is 10.3. The number of thiazole rings is 1. The van der Waals surface area contributed by atoms with Crippen molar-refractivity contribution in [2.45, 2.75) is 0 Å². The molecule has 1 aromatic carbocycles. The first-order valence-corrected chi connectivity index (χ1v) is 4.82. The number of anilines is 1. The van der Waals surface area contributed by atoms with Crippen molar-refractivity contribution >= 4 is 44.6 Å². The van der Waals surface area contributed by atoms with E-state index in [9.17, 15) is 9.18 Å². The number of nitrogens with zero attached hydrogens (tertiary/aromatic N) is 1. The number of fused-ring (bicyclic) bond motifs is 1. The molecule has 0 amide bonds. The summed E-state index contributed by atoms with van der Waals surface area (Å²) in [4.78, 5) is 14.3. The van der Waals surface area contributed by atoms with Gasteiger partial charge in [-0.25, -0.2) is 9.37 Å². The maximum Gasteiger partial charge on any atom is 0.181 e. The molecule has 0 radical (unpaired) electrons. The molecule has 2 aromatic rings. The Morgan fingerprint density at radius 2 is 2.36 bits per heavy atom. The standard InChI is InChI=1S/C8H4ClFN2OS/c9-4-1-3(2-13)5(10)7-6(4)12-8(11)14-7/h1-2H,(H2,11,12). The third-order valence-corrected chi connectivity index (χ3v) is 2.90. The molecule has 0 saturated carbocycles. The van der Waals surface area contributed by atoms with Crippen LogP contribution in [0.3, 0.4) is 0 Å². The molecule has 0 spiro atoms. The predicted molar refractivity (Wildman–Crippen MR) is 54.4 cm³/mol. The lowest BCUT2D eigenvalue weighted by Gasteiger charge is -1.97. The van der Waals surface area contributed by atoms with Gasteiger partial charge in [0.25, 0.3) is 0 Å². The van der Waals surface area contributed by atoms with E-state index in [2.05, 4.69) is 4.98 Å². The molecule has 0 aliphatic heterocycles. The molecule has 1 aromatic heterocycles. The van der Waals surface area contributed by atoms with Crippen molar-refractivity contribution in [3.63, 3.8) is 0 Å².